The van der Waals surface area contributed by atoms with Gasteiger partial charge in [0.05, 0.1) is 5.56 Å². The van der Waals surface area contributed by atoms with Crippen LogP contribution in [0.4, 0.5) is 14.5 Å². The van der Waals surface area contributed by atoms with Crippen LogP contribution in [0.25, 0.3) is 0 Å². The molecule has 0 atom stereocenters. The van der Waals surface area contributed by atoms with Crippen molar-refractivity contribution in [3.05, 3.63) is 63.6 Å². The molecule has 20 heavy (non-hydrogen) atoms. The molecule has 104 valence electrons. The van der Waals surface area contributed by atoms with Gasteiger partial charge in [-0.1, -0.05) is 22.0 Å². The minimum absolute atomic E-state index is 0.284. The molecular weight excluding hydrogens is 328 g/mol. The van der Waals surface area contributed by atoms with E-state index in [1.807, 2.05) is 6.92 Å². The maximum atomic E-state index is 13.6. The van der Waals surface area contributed by atoms with Crippen molar-refractivity contribution in [2.75, 3.05) is 11.9 Å². The largest absolute Gasteiger partial charge is 0.311 e. The number of nitrogens with zero attached hydrogens (tertiary/aromatic N) is 1. The molecule has 2 rings (SSSR count). The molecule has 5 heteroatoms. The van der Waals surface area contributed by atoms with Crippen molar-refractivity contribution in [2.45, 2.75) is 6.92 Å². The van der Waals surface area contributed by atoms with Gasteiger partial charge >= 0.3 is 0 Å². The lowest BCUT2D eigenvalue weighted by Crippen LogP contribution is -2.27. The predicted octanol–water partition coefficient (Wildman–Crippen LogP) is 4.31. The second-order valence-electron chi connectivity index (χ2n) is 4.40. The molecule has 0 aliphatic heterocycles. The van der Waals surface area contributed by atoms with E-state index in [-0.39, 0.29) is 5.56 Å². The fraction of sp³-hybridized carbons (Fsp3) is 0.133. The average Bonchev–Trinajstić information content (AvgIpc) is 2.43. The third-order valence-electron chi connectivity index (χ3n) is 3.02. The minimum Gasteiger partial charge on any atom is -0.311 e. The number of carbonyl (C=O) groups is 1. The minimum atomic E-state index is -1.13. The summed E-state index contributed by atoms with van der Waals surface area (Å²) in [4.78, 5) is 13.5. The smallest absolute Gasteiger partial charge is 0.261 e. The van der Waals surface area contributed by atoms with Crippen molar-refractivity contribution < 1.29 is 13.6 Å². The lowest BCUT2D eigenvalue weighted by atomic mass is 10.1. The summed E-state index contributed by atoms with van der Waals surface area (Å²) in [7, 11) is 1.52. The molecule has 0 saturated carbocycles. The van der Waals surface area contributed by atoms with Crippen molar-refractivity contribution in [3.63, 3.8) is 0 Å². The zero-order valence-corrected chi connectivity index (χ0v) is 12.5. The van der Waals surface area contributed by atoms with Crippen molar-refractivity contribution in [3.8, 4) is 0 Å². The second kappa shape index (κ2) is 5.71. The Balaban J connectivity index is 2.37. The molecule has 0 aromatic heterocycles. The molecule has 0 radical (unpaired) electrons. The van der Waals surface area contributed by atoms with Crippen LogP contribution in [0.3, 0.4) is 0 Å². The topological polar surface area (TPSA) is 20.3 Å². The normalized spacial score (nSPS) is 10.4. The quantitative estimate of drug-likeness (QED) is 0.798. The molecule has 2 aromatic carbocycles. The maximum Gasteiger partial charge on any atom is 0.261 e. The summed E-state index contributed by atoms with van der Waals surface area (Å²) in [6.45, 7) is 1.88. The molecule has 2 nitrogen and oxygen atoms in total. The van der Waals surface area contributed by atoms with Gasteiger partial charge in [-0.25, -0.2) is 8.78 Å². The molecule has 0 bridgehead atoms. The van der Waals surface area contributed by atoms with E-state index in [4.69, 9.17) is 0 Å². The van der Waals surface area contributed by atoms with Gasteiger partial charge in [0.15, 0.2) is 11.6 Å². The van der Waals surface area contributed by atoms with Crippen molar-refractivity contribution in [1.29, 1.82) is 0 Å². The number of rotatable bonds is 2. The Morgan fingerprint density at radius 1 is 1.20 bits per heavy atom. The molecular formula is C15H12BrF2NO. The van der Waals surface area contributed by atoms with Crippen LogP contribution in [0.15, 0.2) is 40.9 Å². The number of amides is 1. The second-order valence-corrected chi connectivity index (χ2v) is 5.25. The first-order chi connectivity index (χ1) is 9.41. The van der Waals surface area contributed by atoms with E-state index in [0.29, 0.717) is 5.69 Å². The number of benzene rings is 2. The van der Waals surface area contributed by atoms with E-state index in [0.717, 1.165) is 16.1 Å². The molecule has 0 aliphatic carbocycles. The van der Waals surface area contributed by atoms with Crippen molar-refractivity contribution >= 4 is 27.5 Å². The predicted molar refractivity (Wildman–Crippen MR) is 78.0 cm³/mol. The highest BCUT2D eigenvalue weighted by molar-refractivity contribution is 9.10. The number of anilines is 1. The summed E-state index contributed by atoms with van der Waals surface area (Å²) < 4.78 is 27.7. The van der Waals surface area contributed by atoms with Crippen LogP contribution in [0.2, 0.25) is 0 Å². The van der Waals surface area contributed by atoms with Gasteiger partial charge < -0.3 is 4.90 Å². The Labute approximate surface area is 124 Å². The number of hydrogen-bond donors (Lipinski definition) is 0. The first-order valence-corrected chi connectivity index (χ1v) is 6.69. The van der Waals surface area contributed by atoms with Gasteiger partial charge in [0.1, 0.15) is 0 Å². The van der Waals surface area contributed by atoms with Gasteiger partial charge in [0, 0.05) is 17.2 Å². The molecule has 0 fully saturated rings. The number of carbonyl (C=O) groups excluding carboxylic acids is 1. The molecule has 0 N–H and O–H groups in total. The van der Waals surface area contributed by atoms with Gasteiger partial charge in [0.25, 0.3) is 5.91 Å². The van der Waals surface area contributed by atoms with Crippen LogP contribution < -0.4 is 4.90 Å². The molecule has 2 aromatic rings. The molecule has 0 spiro atoms. The fourth-order valence-electron chi connectivity index (χ4n) is 1.80. The highest BCUT2D eigenvalue weighted by Crippen LogP contribution is 2.24. The number of hydrogen-bond acceptors (Lipinski definition) is 1. The third-order valence-corrected chi connectivity index (χ3v) is 3.91. The van der Waals surface area contributed by atoms with Gasteiger partial charge in [-0.15, -0.1) is 0 Å². The van der Waals surface area contributed by atoms with Crippen molar-refractivity contribution in [2.24, 2.45) is 0 Å². The highest BCUT2D eigenvalue weighted by atomic mass is 79.9. The van der Waals surface area contributed by atoms with Gasteiger partial charge in [-0.05, 0) is 42.8 Å². The van der Waals surface area contributed by atoms with Gasteiger partial charge in [-0.3, -0.25) is 4.79 Å². The standard InChI is InChI=1S/C15H12BrF2NO/c1-9-8-10(6-7-12(9)16)19(2)15(20)11-4-3-5-13(17)14(11)18/h3-8H,1-2H3. The maximum absolute atomic E-state index is 13.6. The Kier molecular flexibility index (Phi) is 4.18. The molecule has 1 amide bonds. The van der Waals surface area contributed by atoms with Crippen LogP contribution in [0, 0.1) is 18.6 Å². The molecule has 0 saturated heterocycles. The molecule has 0 aliphatic rings. The number of halogens is 3. The summed E-state index contributed by atoms with van der Waals surface area (Å²) in [6, 6.07) is 8.88. The first kappa shape index (κ1) is 14.7. The summed E-state index contributed by atoms with van der Waals surface area (Å²) in [6.07, 6.45) is 0. The average molecular weight is 340 g/mol. The highest BCUT2D eigenvalue weighted by Gasteiger charge is 2.19. The third kappa shape index (κ3) is 2.72. The Morgan fingerprint density at radius 3 is 2.55 bits per heavy atom. The van der Waals surface area contributed by atoms with Crippen LogP contribution in [0.5, 0.6) is 0 Å². The number of aryl methyl sites for hydroxylation is 1. The lowest BCUT2D eigenvalue weighted by Gasteiger charge is -2.18. The van der Waals surface area contributed by atoms with Crippen LogP contribution in [0.1, 0.15) is 15.9 Å². The first-order valence-electron chi connectivity index (χ1n) is 5.90. The van der Waals surface area contributed by atoms with Crippen LogP contribution in [-0.2, 0) is 0 Å². The molecule has 0 unspecified atom stereocenters. The van der Waals surface area contributed by atoms with Crippen molar-refractivity contribution in [1.82, 2.24) is 0 Å². The van der Waals surface area contributed by atoms with E-state index in [9.17, 15) is 13.6 Å². The Bertz CT molecular complexity index is 673. The summed E-state index contributed by atoms with van der Waals surface area (Å²) in [5.74, 6) is -2.75. The Hall–Kier alpha value is -1.75. The van der Waals surface area contributed by atoms with E-state index in [1.54, 1.807) is 18.2 Å². The van der Waals surface area contributed by atoms with Gasteiger partial charge in [0.2, 0.25) is 0 Å². The Morgan fingerprint density at radius 2 is 1.90 bits per heavy atom. The summed E-state index contributed by atoms with van der Waals surface area (Å²) in [5, 5.41) is 0. The van der Waals surface area contributed by atoms with E-state index >= 15 is 0 Å². The SMILES string of the molecule is Cc1cc(N(C)C(=O)c2cccc(F)c2F)ccc1Br. The zero-order chi connectivity index (χ0) is 14.9. The zero-order valence-electron chi connectivity index (χ0n) is 11.0. The molecule has 0 heterocycles. The fourth-order valence-corrected chi connectivity index (χ4v) is 2.05. The van der Waals surface area contributed by atoms with E-state index in [1.165, 1.54) is 24.1 Å². The summed E-state index contributed by atoms with van der Waals surface area (Å²) >= 11 is 3.37. The van der Waals surface area contributed by atoms with E-state index in [2.05, 4.69) is 15.9 Å². The van der Waals surface area contributed by atoms with E-state index < -0.39 is 17.5 Å². The monoisotopic (exact) mass is 339 g/mol. The lowest BCUT2D eigenvalue weighted by molar-refractivity contribution is 0.0988. The van der Waals surface area contributed by atoms with Crippen LogP contribution in [-0.4, -0.2) is 13.0 Å². The van der Waals surface area contributed by atoms with Gasteiger partial charge in [-0.2, -0.15) is 0 Å². The van der Waals surface area contributed by atoms with Crippen LogP contribution >= 0.6 is 15.9 Å². The summed E-state index contributed by atoms with van der Waals surface area (Å²) in [5.41, 5.74) is 1.27.